The minimum atomic E-state index is -0.110. The molecule has 0 unspecified atom stereocenters. The third-order valence-corrected chi connectivity index (χ3v) is 4.11. The van der Waals surface area contributed by atoms with E-state index in [0.29, 0.717) is 5.22 Å². The Hall–Kier alpha value is -2.80. The predicted octanol–water partition coefficient (Wildman–Crippen LogP) is 3.21. The van der Waals surface area contributed by atoms with Crippen LogP contribution >= 0.6 is 11.8 Å². The first-order chi connectivity index (χ1) is 11.3. The Labute approximate surface area is 135 Å². The zero-order chi connectivity index (χ0) is 15.6. The number of benzene rings is 1. The van der Waals surface area contributed by atoms with Gasteiger partial charge in [0.05, 0.1) is 11.3 Å². The smallest absolute Gasteiger partial charge is 0.257 e. The molecule has 23 heavy (non-hydrogen) atoms. The lowest BCUT2D eigenvalue weighted by Gasteiger charge is -2.04. The van der Waals surface area contributed by atoms with Crippen molar-refractivity contribution in [3.63, 3.8) is 0 Å². The second-order valence-electron chi connectivity index (χ2n) is 4.90. The number of para-hydroxylation sites is 2. The maximum absolute atomic E-state index is 12.1. The summed E-state index contributed by atoms with van der Waals surface area (Å²) in [6.07, 6.45) is 3.52. The van der Waals surface area contributed by atoms with Crippen molar-refractivity contribution < 1.29 is 9.21 Å². The van der Waals surface area contributed by atoms with Gasteiger partial charge in [-0.2, -0.15) is 5.10 Å². The Bertz CT molecular complexity index is 959. The normalized spacial score (nSPS) is 11.1. The number of aromatic nitrogens is 3. The van der Waals surface area contributed by atoms with E-state index in [9.17, 15) is 4.79 Å². The molecule has 4 aromatic rings. The monoisotopic (exact) mass is 324 g/mol. The number of hydrogen-bond donors (Lipinski definition) is 1. The molecule has 1 N–H and O–H groups in total. The molecule has 0 saturated carbocycles. The molecule has 0 aliphatic rings. The van der Waals surface area contributed by atoms with Crippen LogP contribution in [0.2, 0.25) is 0 Å². The van der Waals surface area contributed by atoms with Crippen LogP contribution in [0, 0.1) is 0 Å². The van der Waals surface area contributed by atoms with Crippen LogP contribution in [-0.2, 0) is 4.79 Å². The summed E-state index contributed by atoms with van der Waals surface area (Å²) in [7, 11) is 0. The number of thioether (sulfide) groups is 1. The molecular weight excluding hydrogens is 312 g/mol. The number of amides is 1. The zero-order valence-electron chi connectivity index (χ0n) is 12.0. The highest BCUT2D eigenvalue weighted by Crippen LogP contribution is 2.23. The van der Waals surface area contributed by atoms with Gasteiger partial charge in [0.25, 0.3) is 5.22 Å². The molecule has 0 aliphatic carbocycles. The fourth-order valence-electron chi connectivity index (χ4n) is 2.24. The Kier molecular flexibility index (Phi) is 3.47. The number of pyridine rings is 1. The Morgan fingerprint density at radius 2 is 2.17 bits per heavy atom. The third kappa shape index (κ3) is 2.91. The van der Waals surface area contributed by atoms with Gasteiger partial charge in [-0.3, -0.25) is 4.79 Å². The molecule has 3 heterocycles. The van der Waals surface area contributed by atoms with Crippen molar-refractivity contribution in [1.29, 1.82) is 0 Å². The van der Waals surface area contributed by atoms with Crippen molar-refractivity contribution in [2.45, 2.75) is 5.22 Å². The Morgan fingerprint density at radius 1 is 1.26 bits per heavy atom. The summed E-state index contributed by atoms with van der Waals surface area (Å²) < 4.78 is 7.31. The number of nitrogens with zero attached hydrogens (tertiary/aromatic N) is 3. The van der Waals surface area contributed by atoms with Gasteiger partial charge in [-0.25, -0.2) is 9.50 Å². The molecule has 114 valence electrons. The summed E-state index contributed by atoms with van der Waals surface area (Å²) >= 11 is 1.27. The standard InChI is InChI=1S/C16H12N4O2S/c21-15(18-11-6-8-20-12(9-11)5-7-17-20)10-23-16-19-13-3-1-2-4-14(13)22-16/h1-9H,10H2,(H,18,21). The molecule has 6 nitrogen and oxygen atoms in total. The minimum Gasteiger partial charge on any atom is -0.431 e. The molecule has 1 aromatic carbocycles. The Morgan fingerprint density at radius 3 is 3.09 bits per heavy atom. The fourth-order valence-corrected chi connectivity index (χ4v) is 2.87. The van der Waals surface area contributed by atoms with Crippen LogP contribution in [0.1, 0.15) is 0 Å². The van der Waals surface area contributed by atoms with E-state index in [1.807, 2.05) is 42.5 Å². The summed E-state index contributed by atoms with van der Waals surface area (Å²) in [5.74, 6) is 0.123. The number of carbonyl (C=O) groups is 1. The van der Waals surface area contributed by atoms with E-state index in [2.05, 4.69) is 15.4 Å². The van der Waals surface area contributed by atoms with E-state index in [4.69, 9.17) is 4.42 Å². The van der Waals surface area contributed by atoms with Crippen molar-refractivity contribution in [2.75, 3.05) is 11.1 Å². The molecule has 0 bridgehead atoms. The van der Waals surface area contributed by atoms with Crippen LogP contribution in [0.5, 0.6) is 0 Å². The highest BCUT2D eigenvalue weighted by Gasteiger charge is 2.09. The second-order valence-corrected chi connectivity index (χ2v) is 5.83. The van der Waals surface area contributed by atoms with Crippen LogP contribution in [0.15, 0.2) is 64.5 Å². The molecular formula is C16H12N4O2S. The van der Waals surface area contributed by atoms with Crippen molar-refractivity contribution in [2.24, 2.45) is 0 Å². The van der Waals surface area contributed by atoms with E-state index < -0.39 is 0 Å². The second kappa shape index (κ2) is 5.77. The number of anilines is 1. The van der Waals surface area contributed by atoms with E-state index in [-0.39, 0.29) is 11.7 Å². The molecule has 0 fully saturated rings. The van der Waals surface area contributed by atoms with Crippen molar-refractivity contribution >= 4 is 40.0 Å². The van der Waals surface area contributed by atoms with Gasteiger partial charge in [0, 0.05) is 18.1 Å². The molecule has 0 spiro atoms. The molecule has 1 amide bonds. The van der Waals surface area contributed by atoms with Crippen molar-refractivity contribution in [3.8, 4) is 0 Å². The highest BCUT2D eigenvalue weighted by molar-refractivity contribution is 7.99. The predicted molar refractivity (Wildman–Crippen MR) is 88.6 cm³/mol. The quantitative estimate of drug-likeness (QED) is 0.584. The lowest BCUT2D eigenvalue weighted by Crippen LogP contribution is -2.14. The molecule has 0 atom stereocenters. The lowest BCUT2D eigenvalue weighted by atomic mass is 10.3. The van der Waals surface area contributed by atoms with Gasteiger partial charge in [0.1, 0.15) is 5.52 Å². The van der Waals surface area contributed by atoms with E-state index in [0.717, 1.165) is 22.3 Å². The van der Waals surface area contributed by atoms with Gasteiger partial charge in [-0.1, -0.05) is 23.9 Å². The number of rotatable bonds is 4. The van der Waals surface area contributed by atoms with Gasteiger partial charge < -0.3 is 9.73 Å². The number of fused-ring (bicyclic) bond motifs is 2. The van der Waals surface area contributed by atoms with Crippen molar-refractivity contribution in [3.05, 3.63) is 54.9 Å². The Balaban J connectivity index is 1.41. The van der Waals surface area contributed by atoms with Crippen LogP contribution < -0.4 is 5.32 Å². The molecule has 3 aromatic heterocycles. The average Bonchev–Trinajstić information content (AvgIpc) is 3.18. The number of hydrogen-bond acceptors (Lipinski definition) is 5. The van der Waals surface area contributed by atoms with Crippen LogP contribution in [0.4, 0.5) is 5.69 Å². The number of carbonyl (C=O) groups excluding carboxylic acids is 1. The largest absolute Gasteiger partial charge is 0.431 e. The van der Waals surface area contributed by atoms with Gasteiger partial charge in [-0.15, -0.1) is 0 Å². The molecule has 0 saturated heterocycles. The van der Waals surface area contributed by atoms with Gasteiger partial charge in [0.15, 0.2) is 5.58 Å². The van der Waals surface area contributed by atoms with Gasteiger partial charge in [-0.05, 0) is 30.3 Å². The summed E-state index contributed by atoms with van der Waals surface area (Å²) in [6.45, 7) is 0. The van der Waals surface area contributed by atoms with E-state index in [1.165, 1.54) is 11.8 Å². The van der Waals surface area contributed by atoms with Gasteiger partial charge >= 0.3 is 0 Å². The summed E-state index contributed by atoms with van der Waals surface area (Å²) in [6, 6.07) is 13.1. The fraction of sp³-hybridized carbons (Fsp3) is 0.0625. The summed E-state index contributed by atoms with van der Waals surface area (Å²) in [5, 5.41) is 7.47. The first kappa shape index (κ1) is 13.8. The number of oxazole rings is 1. The van der Waals surface area contributed by atoms with E-state index in [1.54, 1.807) is 16.9 Å². The SMILES string of the molecule is O=C(CSc1nc2ccccc2o1)Nc1ccn2nccc2c1. The van der Waals surface area contributed by atoms with Crippen LogP contribution in [-0.4, -0.2) is 26.3 Å². The first-order valence-electron chi connectivity index (χ1n) is 6.99. The lowest BCUT2D eigenvalue weighted by molar-refractivity contribution is -0.113. The average molecular weight is 324 g/mol. The first-order valence-corrected chi connectivity index (χ1v) is 7.98. The van der Waals surface area contributed by atoms with Crippen molar-refractivity contribution in [1.82, 2.24) is 14.6 Å². The zero-order valence-corrected chi connectivity index (χ0v) is 12.8. The molecule has 0 aliphatic heterocycles. The maximum Gasteiger partial charge on any atom is 0.257 e. The molecule has 4 rings (SSSR count). The van der Waals surface area contributed by atoms with E-state index >= 15 is 0 Å². The molecule has 0 radical (unpaired) electrons. The number of nitrogens with one attached hydrogen (secondary N) is 1. The highest BCUT2D eigenvalue weighted by atomic mass is 32.2. The van der Waals surface area contributed by atoms with Crippen LogP contribution in [0.3, 0.4) is 0 Å². The molecule has 7 heteroatoms. The minimum absolute atomic E-state index is 0.110. The van der Waals surface area contributed by atoms with Gasteiger partial charge in [0.2, 0.25) is 5.91 Å². The summed E-state index contributed by atoms with van der Waals surface area (Å²) in [5.41, 5.74) is 3.18. The summed E-state index contributed by atoms with van der Waals surface area (Å²) in [4.78, 5) is 16.4. The topological polar surface area (TPSA) is 72.4 Å². The maximum atomic E-state index is 12.1. The van der Waals surface area contributed by atoms with Crippen LogP contribution in [0.25, 0.3) is 16.6 Å². The third-order valence-electron chi connectivity index (χ3n) is 3.28.